The zero-order valence-corrected chi connectivity index (χ0v) is 9.21. The van der Waals surface area contributed by atoms with Crippen LogP contribution in [0, 0.1) is 6.92 Å². The predicted molar refractivity (Wildman–Crippen MR) is 58.2 cm³/mol. The molecule has 1 heterocycles. The number of hydrogen-bond donors (Lipinski definition) is 0. The molecule has 0 unspecified atom stereocenters. The van der Waals surface area contributed by atoms with Gasteiger partial charge in [-0.25, -0.2) is 0 Å². The Balaban J connectivity index is 2.64. The van der Waals surface area contributed by atoms with Crippen molar-refractivity contribution in [2.45, 2.75) is 6.92 Å². The van der Waals surface area contributed by atoms with Gasteiger partial charge in [-0.1, -0.05) is 16.8 Å². The van der Waals surface area contributed by atoms with Crippen molar-refractivity contribution in [2.24, 2.45) is 0 Å². The van der Waals surface area contributed by atoms with Crippen molar-refractivity contribution in [3.05, 3.63) is 35.0 Å². The number of benzene rings is 1. The largest absolute Gasteiger partial charge is 0.496 e. The first kappa shape index (κ1) is 10.1. The molecule has 2 aromatic rings. The van der Waals surface area contributed by atoms with Gasteiger partial charge >= 0.3 is 0 Å². The van der Waals surface area contributed by atoms with E-state index >= 15 is 0 Å². The first-order valence-corrected chi connectivity index (χ1v) is 4.85. The topological polar surface area (TPSA) is 35.3 Å². The molecule has 1 aromatic carbocycles. The van der Waals surface area contributed by atoms with E-state index in [1.807, 2.05) is 13.0 Å². The number of hydrogen-bond acceptors (Lipinski definition) is 3. The van der Waals surface area contributed by atoms with Crippen LogP contribution in [0.1, 0.15) is 5.56 Å². The Labute approximate surface area is 92.6 Å². The van der Waals surface area contributed by atoms with Crippen molar-refractivity contribution in [1.29, 1.82) is 0 Å². The van der Waals surface area contributed by atoms with Gasteiger partial charge in [0.1, 0.15) is 5.75 Å². The van der Waals surface area contributed by atoms with E-state index in [4.69, 9.17) is 20.9 Å². The maximum Gasteiger partial charge on any atom is 0.170 e. The molecular formula is C11H10ClNO2. The number of nitrogens with zero attached hydrogens (tertiary/aromatic N) is 1. The molecule has 0 radical (unpaired) electrons. The average Bonchev–Trinajstić information content (AvgIpc) is 2.69. The van der Waals surface area contributed by atoms with Crippen LogP contribution < -0.4 is 4.74 Å². The van der Waals surface area contributed by atoms with Crippen LogP contribution in [0.15, 0.2) is 28.9 Å². The van der Waals surface area contributed by atoms with Crippen molar-refractivity contribution in [2.75, 3.05) is 7.11 Å². The lowest BCUT2D eigenvalue weighted by molar-refractivity contribution is 0.404. The summed E-state index contributed by atoms with van der Waals surface area (Å²) in [5, 5.41) is 4.31. The van der Waals surface area contributed by atoms with Crippen LogP contribution in [0.25, 0.3) is 11.3 Å². The zero-order valence-electron chi connectivity index (χ0n) is 8.45. The van der Waals surface area contributed by atoms with Gasteiger partial charge in [-0.15, -0.1) is 0 Å². The molecule has 78 valence electrons. The zero-order chi connectivity index (χ0) is 10.8. The number of methoxy groups -OCH3 is 1. The molecule has 0 bridgehead atoms. The lowest BCUT2D eigenvalue weighted by Crippen LogP contribution is -1.90. The number of rotatable bonds is 2. The van der Waals surface area contributed by atoms with Crippen molar-refractivity contribution in [1.82, 2.24) is 5.16 Å². The van der Waals surface area contributed by atoms with Gasteiger partial charge in [-0.05, 0) is 24.6 Å². The molecule has 0 saturated carbocycles. The summed E-state index contributed by atoms with van der Waals surface area (Å²) in [7, 11) is 1.62. The molecule has 0 aliphatic carbocycles. The molecule has 0 saturated heterocycles. The van der Waals surface area contributed by atoms with Gasteiger partial charge in [-0.3, -0.25) is 0 Å². The molecule has 0 spiro atoms. The molecule has 3 nitrogen and oxygen atoms in total. The van der Waals surface area contributed by atoms with Crippen LogP contribution in [0.4, 0.5) is 0 Å². The fraction of sp³-hybridized carbons (Fsp3) is 0.182. The molecule has 0 amide bonds. The Bertz CT molecular complexity index is 466. The minimum absolute atomic E-state index is 0.650. The SMILES string of the molecule is COc1c(C)cc(Cl)cc1-c1ccno1. The highest BCUT2D eigenvalue weighted by Crippen LogP contribution is 2.35. The van der Waals surface area contributed by atoms with E-state index < -0.39 is 0 Å². The van der Waals surface area contributed by atoms with Gasteiger partial charge < -0.3 is 9.26 Å². The maximum atomic E-state index is 5.98. The third-order valence-electron chi connectivity index (χ3n) is 2.15. The lowest BCUT2D eigenvalue weighted by atomic mass is 10.1. The molecular weight excluding hydrogens is 214 g/mol. The second kappa shape index (κ2) is 3.95. The molecule has 0 N–H and O–H groups in total. The Morgan fingerprint density at radius 3 is 2.80 bits per heavy atom. The Kier molecular flexibility index (Phi) is 2.64. The lowest BCUT2D eigenvalue weighted by Gasteiger charge is -2.09. The Morgan fingerprint density at radius 2 is 2.20 bits per heavy atom. The van der Waals surface area contributed by atoms with Crippen molar-refractivity contribution >= 4 is 11.6 Å². The first-order chi connectivity index (χ1) is 7.22. The van der Waals surface area contributed by atoms with Gasteiger partial charge in [0.05, 0.1) is 18.9 Å². The van der Waals surface area contributed by atoms with Crippen LogP contribution >= 0.6 is 11.6 Å². The third kappa shape index (κ3) is 1.83. The molecule has 0 aliphatic rings. The van der Waals surface area contributed by atoms with Crippen LogP contribution in [0.5, 0.6) is 5.75 Å². The molecule has 4 heteroatoms. The van der Waals surface area contributed by atoms with Crippen LogP contribution in [0.3, 0.4) is 0 Å². The van der Waals surface area contributed by atoms with E-state index in [9.17, 15) is 0 Å². The summed E-state index contributed by atoms with van der Waals surface area (Å²) in [6, 6.07) is 5.42. The van der Waals surface area contributed by atoms with Gasteiger partial charge in [0.25, 0.3) is 0 Å². The monoisotopic (exact) mass is 223 g/mol. The molecule has 2 rings (SSSR count). The third-order valence-corrected chi connectivity index (χ3v) is 2.37. The van der Waals surface area contributed by atoms with Gasteiger partial charge in [0.15, 0.2) is 5.76 Å². The highest BCUT2D eigenvalue weighted by Gasteiger charge is 2.12. The molecule has 15 heavy (non-hydrogen) atoms. The summed E-state index contributed by atoms with van der Waals surface area (Å²) in [5.74, 6) is 1.41. The second-order valence-corrected chi connectivity index (χ2v) is 3.62. The summed E-state index contributed by atoms with van der Waals surface area (Å²) >= 11 is 5.98. The molecule has 1 aromatic heterocycles. The summed E-state index contributed by atoms with van der Waals surface area (Å²) in [6.07, 6.45) is 1.59. The number of aryl methyl sites for hydroxylation is 1. The highest BCUT2D eigenvalue weighted by atomic mass is 35.5. The minimum atomic E-state index is 0.650. The predicted octanol–water partition coefficient (Wildman–Crippen LogP) is 3.31. The summed E-state index contributed by atoms with van der Waals surface area (Å²) in [4.78, 5) is 0. The van der Waals surface area contributed by atoms with Crippen LogP contribution in [-0.2, 0) is 0 Å². The van der Waals surface area contributed by atoms with Crippen LogP contribution in [0.2, 0.25) is 5.02 Å². The van der Waals surface area contributed by atoms with E-state index in [-0.39, 0.29) is 0 Å². The minimum Gasteiger partial charge on any atom is -0.496 e. The fourth-order valence-corrected chi connectivity index (χ4v) is 1.81. The van der Waals surface area contributed by atoms with Crippen molar-refractivity contribution in [3.63, 3.8) is 0 Å². The number of ether oxygens (including phenoxy) is 1. The van der Waals surface area contributed by atoms with Gasteiger partial charge in [0.2, 0.25) is 0 Å². The molecule has 0 fully saturated rings. The quantitative estimate of drug-likeness (QED) is 0.784. The smallest absolute Gasteiger partial charge is 0.170 e. The van der Waals surface area contributed by atoms with Crippen molar-refractivity contribution < 1.29 is 9.26 Å². The van der Waals surface area contributed by atoms with Crippen molar-refractivity contribution in [3.8, 4) is 17.1 Å². The first-order valence-electron chi connectivity index (χ1n) is 4.47. The van der Waals surface area contributed by atoms with E-state index in [1.54, 1.807) is 25.4 Å². The number of halogens is 1. The van der Waals surface area contributed by atoms with E-state index in [0.29, 0.717) is 10.8 Å². The second-order valence-electron chi connectivity index (χ2n) is 3.18. The Morgan fingerprint density at radius 1 is 1.40 bits per heavy atom. The molecule has 0 atom stereocenters. The Hall–Kier alpha value is -1.48. The van der Waals surface area contributed by atoms with Crippen LogP contribution in [-0.4, -0.2) is 12.3 Å². The van der Waals surface area contributed by atoms with E-state index in [1.165, 1.54) is 0 Å². The van der Waals surface area contributed by atoms with E-state index in [0.717, 1.165) is 16.9 Å². The van der Waals surface area contributed by atoms with Gasteiger partial charge in [0, 0.05) is 11.1 Å². The standard InChI is InChI=1S/C11H10ClNO2/c1-7-5-8(12)6-9(11(7)14-2)10-3-4-13-15-10/h3-6H,1-2H3. The number of aromatic nitrogens is 1. The summed E-state index contributed by atoms with van der Waals surface area (Å²) in [5.41, 5.74) is 1.79. The van der Waals surface area contributed by atoms with Gasteiger partial charge in [-0.2, -0.15) is 0 Å². The van der Waals surface area contributed by atoms with E-state index in [2.05, 4.69) is 5.16 Å². The average molecular weight is 224 g/mol. The highest BCUT2D eigenvalue weighted by molar-refractivity contribution is 6.31. The molecule has 0 aliphatic heterocycles. The maximum absolute atomic E-state index is 5.98. The summed E-state index contributed by atoms with van der Waals surface area (Å²) < 4.78 is 10.4. The fourth-order valence-electron chi connectivity index (χ4n) is 1.54. The normalized spacial score (nSPS) is 10.3. The summed E-state index contributed by atoms with van der Waals surface area (Å²) in [6.45, 7) is 1.94.